The molecule has 12 aromatic rings. The zero-order chi connectivity index (χ0) is 51.9. The van der Waals surface area contributed by atoms with Gasteiger partial charge in [0.25, 0.3) is 0 Å². The normalized spacial score (nSPS) is 10.6. The molecule has 0 aliphatic heterocycles. The van der Waals surface area contributed by atoms with Crippen molar-refractivity contribution in [3.8, 4) is 72.8 Å². The van der Waals surface area contributed by atoms with E-state index in [2.05, 4.69) is 213 Å². The Kier molecular flexibility index (Phi) is 16.5. The predicted molar refractivity (Wildman–Crippen MR) is 320 cm³/mol. The number of ether oxygens (including phenoxy) is 1. The second-order valence-electron chi connectivity index (χ2n) is 18.1. The van der Waals surface area contributed by atoms with Crippen LogP contribution in [-0.4, -0.2) is 4.57 Å². The van der Waals surface area contributed by atoms with Gasteiger partial charge in [-0.2, -0.15) is 0 Å². The van der Waals surface area contributed by atoms with E-state index in [-0.39, 0.29) is 0 Å². The highest BCUT2D eigenvalue weighted by Crippen LogP contribution is 2.54. The van der Waals surface area contributed by atoms with Gasteiger partial charge in [0.15, 0.2) is 0 Å². The largest absolute Gasteiger partial charge is 0.457 e. The number of nitrogens with two attached hydrogens (primary N) is 2. The molecule has 368 valence electrons. The van der Waals surface area contributed by atoms with Crippen molar-refractivity contribution in [1.29, 1.82) is 0 Å². The third kappa shape index (κ3) is 11.5. The van der Waals surface area contributed by atoms with Gasteiger partial charge in [0.2, 0.25) is 0 Å². The Morgan fingerprint density at radius 3 is 1.32 bits per heavy atom. The Morgan fingerprint density at radius 2 is 0.840 bits per heavy atom. The maximum Gasteiger partial charge on any atom is 0.130 e. The first-order valence-corrected chi connectivity index (χ1v) is 25.8. The van der Waals surface area contributed by atoms with Crippen molar-refractivity contribution in [1.82, 2.24) is 4.57 Å². The van der Waals surface area contributed by atoms with Gasteiger partial charge in [-0.15, -0.1) is 0 Å². The molecule has 4 nitrogen and oxygen atoms in total. The van der Waals surface area contributed by atoms with E-state index in [1.54, 1.807) is 0 Å². The highest BCUT2D eigenvalue weighted by molar-refractivity contribution is 6.26. The van der Waals surface area contributed by atoms with Crippen LogP contribution < -0.4 is 16.2 Å². The first-order chi connectivity index (χ1) is 36.9. The number of benzene rings is 11. The maximum absolute atomic E-state index is 6.31. The van der Waals surface area contributed by atoms with Crippen LogP contribution >= 0.6 is 0 Å². The van der Waals surface area contributed by atoms with Gasteiger partial charge in [0, 0.05) is 45.4 Å². The molecule has 0 bridgehead atoms. The lowest BCUT2D eigenvalue weighted by atomic mass is 9.80. The van der Waals surface area contributed by atoms with Crippen LogP contribution in [0.5, 0.6) is 11.5 Å². The summed E-state index contributed by atoms with van der Waals surface area (Å²) < 4.78 is 8.81. The van der Waals surface area contributed by atoms with E-state index in [9.17, 15) is 0 Å². The van der Waals surface area contributed by atoms with Crippen LogP contribution in [0.25, 0.3) is 83.1 Å². The number of nitrogen functional groups attached to an aromatic ring is 1. The fourth-order valence-electron chi connectivity index (χ4n) is 9.56. The smallest absolute Gasteiger partial charge is 0.130 e. The lowest BCUT2D eigenvalue weighted by Crippen LogP contribution is -2.00. The summed E-state index contributed by atoms with van der Waals surface area (Å²) in [7, 11) is 0. The number of para-hydroxylation sites is 2. The molecule has 1 aromatic heterocycles. The van der Waals surface area contributed by atoms with Crippen LogP contribution in [0.4, 0.5) is 5.69 Å². The highest BCUT2D eigenvalue weighted by atomic mass is 16.5. The van der Waals surface area contributed by atoms with E-state index in [1.165, 1.54) is 71.9 Å². The Bertz CT molecular complexity index is 3710. The minimum absolute atomic E-state index is 0.640. The zero-order valence-electron chi connectivity index (χ0n) is 43.2. The third-order valence-corrected chi connectivity index (χ3v) is 13.1. The van der Waals surface area contributed by atoms with E-state index in [0.717, 1.165) is 45.1 Å². The molecule has 12 rings (SSSR count). The zero-order valence-corrected chi connectivity index (χ0v) is 43.2. The highest BCUT2D eigenvalue weighted by Gasteiger charge is 2.29. The minimum Gasteiger partial charge on any atom is -0.457 e. The summed E-state index contributed by atoms with van der Waals surface area (Å²) in [5.74, 6) is 1.68. The summed E-state index contributed by atoms with van der Waals surface area (Å²) in [6.45, 7) is 8.87. The molecule has 0 radical (unpaired) electrons. The molecule has 4 N–H and O–H groups in total. The summed E-state index contributed by atoms with van der Waals surface area (Å²) in [4.78, 5) is 0. The van der Waals surface area contributed by atoms with Gasteiger partial charge in [-0.05, 0) is 119 Å². The number of fused-ring (bicyclic) bond motifs is 3. The van der Waals surface area contributed by atoms with Crippen molar-refractivity contribution in [2.45, 2.75) is 34.2 Å². The topological polar surface area (TPSA) is 66.2 Å². The number of aryl methyl sites for hydroxylation is 2. The molecule has 0 unspecified atom stereocenters. The number of hydrogen-bond donors (Lipinski definition) is 2. The van der Waals surface area contributed by atoms with Crippen LogP contribution in [0.3, 0.4) is 0 Å². The Morgan fingerprint density at radius 1 is 0.400 bits per heavy atom. The monoisotopic (exact) mass is 973 g/mol. The Hall–Kier alpha value is -9.22. The number of aromatic nitrogens is 1. The average Bonchev–Trinajstić information content (AvgIpc) is 3.82. The molecule has 0 aliphatic carbocycles. The first kappa shape index (κ1) is 50.7. The molecule has 4 heteroatoms. The van der Waals surface area contributed by atoms with Crippen LogP contribution in [0.2, 0.25) is 0 Å². The van der Waals surface area contributed by atoms with Gasteiger partial charge >= 0.3 is 0 Å². The molecule has 0 amide bonds. The minimum atomic E-state index is 0.640. The Labute approximate surface area is 442 Å². The number of anilines is 1. The van der Waals surface area contributed by atoms with Gasteiger partial charge in [0.05, 0.1) is 11.0 Å². The number of rotatable bonds is 9. The van der Waals surface area contributed by atoms with Gasteiger partial charge in [0.1, 0.15) is 11.5 Å². The second kappa shape index (κ2) is 24.5. The van der Waals surface area contributed by atoms with Crippen LogP contribution in [0.15, 0.2) is 273 Å². The van der Waals surface area contributed by atoms with Crippen LogP contribution in [0.1, 0.15) is 30.5 Å². The fourth-order valence-corrected chi connectivity index (χ4v) is 9.56. The second-order valence-corrected chi connectivity index (χ2v) is 18.1. The third-order valence-electron chi connectivity index (χ3n) is 13.1. The summed E-state index contributed by atoms with van der Waals surface area (Å²) in [6, 6.07) is 95.9. The summed E-state index contributed by atoms with van der Waals surface area (Å²) in [5.41, 5.74) is 30.3. The molecular formula is C71H63N3O. The van der Waals surface area contributed by atoms with Crippen molar-refractivity contribution in [3.63, 3.8) is 0 Å². The molecular weight excluding hydrogens is 911 g/mol. The van der Waals surface area contributed by atoms with Crippen LogP contribution in [-0.2, 0) is 6.54 Å². The molecule has 11 aromatic carbocycles. The van der Waals surface area contributed by atoms with Crippen molar-refractivity contribution >= 4 is 27.5 Å². The van der Waals surface area contributed by atoms with Gasteiger partial charge < -0.3 is 20.8 Å². The predicted octanol–water partition coefficient (Wildman–Crippen LogP) is 19.0. The Balaban J connectivity index is 0.000000347. The number of nitrogens with zero attached hydrogens (tertiary/aromatic N) is 1. The van der Waals surface area contributed by atoms with E-state index < -0.39 is 0 Å². The lowest BCUT2D eigenvalue weighted by Gasteiger charge is -2.24. The van der Waals surface area contributed by atoms with Gasteiger partial charge in [-0.1, -0.05) is 238 Å². The first-order valence-electron chi connectivity index (χ1n) is 25.8. The van der Waals surface area contributed by atoms with Crippen molar-refractivity contribution in [3.05, 3.63) is 290 Å². The van der Waals surface area contributed by atoms with Crippen molar-refractivity contribution in [2.24, 2.45) is 5.73 Å². The van der Waals surface area contributed by atoms with Gasteiger partial charge in [-0.25, -0.2) is 0 Å². The SMILES string of the molecule is CC.Cc1ccc(-n2c3ccc(-c4ccc(Oc5ccccc5C)cc4)cc3c3c(-c4ccccc4)c(-c4ccccc4)c(-c4ccccc4)c(-c4ccccc4)c32)cc1.NCc1ccccc1.Nc1ccccc1. The quantitative estimate of drug-likeness (QED) is 0.142. The average molecular weight is 974 g/mol. The molecule has 0 fully saturated rings. The van der Waals surface area contributed by atoms with E-state index in [4.69, 9.17) is 16.2 Å². The molecule has 0 saturated carbocycles. The van der Waals surface area contributed by atoms with Crippen molar-refractivity contribution in [2.75, 3.05) is 5.73 Å². The fraction of sp³-hybridized carbons (Fsp3) is 0.0704. The van der Waals surface area contributed by atoms with E-state index in [1.807, 2.05) is 92.7 Å². The molecule has 1 heterocycles. The molecule has 0 saturated heterocycles. The van der Waals surface area contributed by atoms with Crippen LogP contribution in [0, 0.1) is 13.8 Å². The summed E-state index contributed by atoms with van der Waals surface area (Å²) >= 11 is 0. The molecule has 0 aliphatic rings. The molecule has 0 atom stereocenters. The maximum atomic E-state index is 6.31. The molecule has 0 spiro atoms. The lowest BCUT2D eigenvalue weighted by molar-refractivity contribution is 0.479. The summed E-state index contributed by atoms with van der Waals surface area (Å²) in [5, 5.41) is 2.42. The standard InChI is InChI=1S/C56H41NO.C7H9N.C6H7N.C2H6/c1-38-27-32-46(33-28-38)57-49-36-31-45(40-29-34-47(35-30-40)58-50-26-16-15-17-39(50)2)37-48(49)55-53(43-22-11-5-12-23-43)51(41-18-7-3-8-19-41)52(42-20-9-4-10-21-42)54(56(55)57)44-24-13-6-14-25-44;8-6-7-4-2-1-3-5-7;7-6-4-2-1-3-5-6;1-2/h3-37H,1-2H3;1-5H,6,8H2;1-5H,7H2;1-2H3. The molecule has 75 heavy (non-hydrogen) atoms. The van der Waals surface area contributed by atoms with E-state index in [0.29, 0.717) is 6.54 Å². The van der Waals surface area contributed by atoms with Gasteiger partial charge in [-0.3, -0.25) is 0 Å². The number of hydrogen-bond acceptors (Lipinski definition) is 3. The van der Waals surface area contributed by atoms with Crippen molar-refractivity contribution < 1.29 is 4.74 Å². The van der Waals surface area contributed by atoms with E-state index >= 15 is 0 Å². The summed E-state index contributed by atoms with van der Waals surface area (Å²) in [6.07, 6.45) is 0.